The number of piperazine rings is 1. The fourth-order valence-corrected chi connectivity index (χ4v) is 3.87. The summed E-state index contributed by atoms with van der Waals surface area (Å²) in [7, 11) is 0. The van der Waals surface area contributed by atoms with E-state index in [0.29, 0.717) is 12.1 Å². The van der Waals surface area contributed by atoms with Gasteiger partial charge in [-0.2, -0.15) is 5.10 Å². The molecule has 0 unspecified atom stereocenters. The average molecular weight is 377 g/mol. The van der Waals surface area contributed by atoms with E-state index in [1.165, 1.54) is 0 Å². The highest BCUT2D eigenvalue weighted by Gasteiger charge is 2.27. The number of carbonyl (C=O) groups is 1. The van der Waals surface area contributed by atoms with Crippen molar-refractivity contribution >= 4 is 16.9 Å². The van der Waals surface area contributed by atoms with Crippen molar-refractivity contribution < 1.29 is 4.79 Å². The van der Waals surface area contributed by atoms with Gasteiger partial charge in [-0.3, -0.25) is 4.79 Å². The Balaban J connectivity index is 1.91. The number of pyridine rings is 1. The molecule has 146 valence electrons. The zero-order valence-corrected chi connectivity index (χ0v) is 16.9. The lowest BCUT2D eigenvalue weighted by Crippen LogP contribution is -2.52. The maximum atomic E-state index is 13.5. The molecule has 0 saturated carbocycles. The van der Waals surface area contributed by atoms with E-state index in [0.717, 1.165) is 40.9 Å². The van der Waals surface area contributed by atoms with E-state index in [2.05, 4.69) is 50.2 Å². The number of nitrogens with zero attached hydrogens (tertiary/aromatic N) is 4. The minimum absolute atomic E-state index is 0.0551. The molecule has 2 aromatic heterocycles. The smallest absolute Gasteiger partial charge is 0.255 e. The molecule has 1 aliphatic heterocycles. The number of nitrogens with one attached hydrogen (secondary N) is 1. The molecule has 0 radical (unpaired) electrons. The monoisotopic (exact) mass is 377 g/mol. The number of benzene rings is 1. The Labute approximate surface area is 165 Å². The number of carbonyl (C=O) groups excluding carboxylic acids is 1. The third-order valence-corrected chi connectivity index (χ3v) is 5.47. The maximum Gasteiger partial charge on any atom is 0.255 e. The molecule has 1 amide bonds. The second-order valence-corrected chi connectivity index (χ2v) is 7.84. The highest BCUT2D eigenvalue weighted by molar-refractivity contribution is 6.06. The predicted octanol–water partition coefficient (Wildman–Crippen LogP) is 3.42. The van der Waals surface area contributed by atoms with E-state index in [-0.39, 0.29) is 18.0 Å². The molecular formula is C22H27N5O. The van der Waals surface area contributed by atoms with Crippen LogP contribution in [0.4, 0.5) is 0 Å². The van der Waals surface area contributed by atoms with Crippen LogP contribution in [0.15, 0.2) is 36.5 Å². The van der Waals surface area contributed by atoms with Gasteiger partial charge in [-0.15, -0.1) is 0 Å². The molecule has 28 heavy (non-hydrogen) atoms. The molecule has 0 spiro atoms. The standard InChI is InChI=1S/C22H27N5O/c1-14(2)27-21-19(13-24-27)18(22(28)26-10-9-23-12-16(26)4)11-20(25-21)17-8-6-5-7-15(17)3/h5-8,11,13-14,16,23H,9-10,12H2,1-4H3/t16-/m0/s1. The van der Waals surface area contributed by atoms with Gasteiger partial charge in [-0.25, -0.2) is 9.67 Å². The van der Waals surface area contributed by atoms with Gasteiger partial charge in [0.2, 0.25) is 0 Å². The van der Waals surface area contributed by atoms with Crippen molar-refractivity contribution in [3.8, 4) is 11.3 Å². The lowest BCUT2D eigenvalue weighted by Gasteiger charge is -2.34. The average Bonchev–Trinajstić information content (AvgIpc) is 3.12. The van der Waals surface area contributed by atoms with Gasteiger partial charge < -0.3 is 10.2 Å². The van der Waals surface area contributed by atoms with Gasteiger partial charge in [-0.05, 0) is 39.3 Å². The van der Waals surface area contributed by atoms with Crippen LogP contribution >= 0.6 is 0 Å². The first-order valence-electron chi connectivity index (χ1n) is 9.93. The molecule has 1 aliphatic rings. The third kappa shape index (κ3) is 3.18. The Bertz CT molecular complexity index is 1020. The van der Waals surface area contributed by atoms with Crippen LogP contribution in [0.2, 0.25) is 0 Å². The molecule has 0 aliphatic carbocycles. The van der Waals surface area contributed by atoms with Gasteiger partial charge in [0.15, 0.2) is 5.65 Å². The van der Waals surface area contributed by atoms with Crippen molar-refractivity contribution in [2.45, 2.75) is 39.8 Å². The molecular weight excluding hydrogens is 350 g/mol. The number of rotatable bonds is 3. The Morgan fingerprint density at radius 2 is 2.07 bits per heavy atom. The van der Waals surface area contributed by atoms with Gasteiger partial charge in [0, 0.05) is 37.3 Å². The largest absolute Gasteiger partial charge is 0.333 e. The molecule has 1 atom stereocenters. The van der Waals surface area contributed by atoms with Gasteiger partial charge in [0.1, 0.15) is 0 Å². The van der Waals surface area contributed by atoms with Crippen molar-refractivity contribution in [2.75, 3.05) is 19.6 Å². The van der Waals surface area contributed by atoms with E-state index in [9.17, 15) is 4.79 Å². The summed E-state index contributed by atoms with van der Waals surface area (Å²) in [4.78, 5) is 20.4. The Morgan fingerprint density at radius 3 is 2.79 bits per heavy atom. The lowest BCUT2D eigenvalue weighted by atomic mass is 10.0. The molecule has 0 bridgehead atoms. The molecule has 1 N–H and O–H groups in total. The summed E-state index contributed by atoms with van der Waals surface area (Å²) < 4.78 is 1.90. The number of hydrogen-bond acceptors (Lipinski definition) is 4. The Kier molecular flexibility index (Phi) is 4.89. The summed E-state index contributed by atoms with van der Waals surface area (Å²) in [5.41, 5.74) is 4.45. The van der Waals surface area contributed by atoms with E-state index in [4.69, 9.17) is 4.98 Å². The van der Waals surface area contributed by atoms with Gasteiger partial charge in [0.25, 0.3) is 5.91 Å². The summed E-state index contributed by atoms with van der Waals surface area (Å²) in [6.07, 6.45) is 1.78. The van der Waals surface area contributed by atoms with E-state index >= 15 is 0 Å². The summed E-state index contributed by atoms with van der Waals surface area (Å²) in [6, 6.07) is 10.4. The van der Waals surface area contributed by atoms with Crippen LogP contribution in [-0.2, 0) is 0 Å². The number of hydrogen-bond donors (Lipinski definition) is 1. The second-order valence-electron chi connectivity index (χ2n) is 7.84. The Hall–Kier alpha value is -2.73. The van der Waals surface area contributed by atoms with Gasteiger partial charge in [0.05, 0.1) is 22.8 Å². The summed E-state index contributed by atoms with van der Waals surface area (Å²) in [6.45, 7) is 10.7. The molecule has 4 rings (SSSR count). The summed E-state index contributed by atoms with van der Waals surface area (Å²) in [5.74, 6) is 0.0551. The first-order valence-corrected chi connectivity index (χ1v) is 9.93. The fraction of sp³-hybridized carbons (Fsp3) is 0.409. The molecule has 3 heterocycles. The number of fused-ring (bicyclic) bond motifs is 1. The van der Waals surface area contributed by atoms with Crippen molar-refractivity contribution in [2.24, 2.45) is 0 Å². The highest BCUT2D eigenvalue weighted by atomic mass is 16.2. The van der Waals surface area contributed by atoms with Gasteiger partial charge in [-0.1, -0.05) is 24.3 Å². The summed E-state index contributed by atoms with van der Waals surface area (Å²) in [5, 5.41) is 8.70. The molecule has 6 nitrogen and oxygen atoms in total. The zero-order chi connectivity index (χ0) is 19.8. The molecule has 3 aromatic rings. The minimum atomic E-state index is 0.0551. The van der Waals surface area contributed by atoms with Crippen LogP contribution in [0.3, 0.4) is 0 Å². The van der Waals surface area contributed by atoms with Crippen molar-refractivity contribution in [1.29, 1.82) is 0 Å². The van der Waals surface area contributed by atoms with Crippen molar-refractivity contribution in [3.63, 3.8) is 0 Å². The van der Waals surface area contributed by atoms with Crippen LogP contribution < -0.4 is 5.32 Å². The molecule has 1 saturated heterocycles. The van der Waals surface area contributed by atoms with Crippen molar-refractivity contribution in [3.05, 3.63) is 47.7 Å². The quantitative estimate of drug-likeness (QED) is 0.760. The van der Waals surface area contributed by atoms with Crippen LogP contribution in [-0.4, -0.2) is 51.2 Å². The Morgan fingerprint density at radius 1 is 1.29 bits per heavy atom. The fourth-order valence-electron chi connectivity index (χ4n) is 3.87. The molecule has 1 fully saturated rings. The number of amides is 1. The third-order valence-electron chi connectivity index (χ3n) is 5.47. The number of aryl methyl sites for hydroxylation is 1. The lowest BCUT2D eigenvalue weighted by molar-refractivity contribution is 0.0658. The topological polar surface area (TPSA) is 63.1 Å². The normalized spacial score (nSPS) is 17.5. The van der Waals surface area contributed by atoms with E-state index < -0.39 is 0 Å². The van der Waals surface area contributed by atoms with E-state index in [1.54, 1.807) is 6.20 Å². The summed E-state index contributed by atoms with van der Waals surface area (Å²) >= 11 is 0. The van der Waals surface area contributed by atoms with Crippen LogP contribution in [0.5, 0.6) is 0 Å². The molecule has 1 aromatic carbocycles. The predicted molar refractivity (Wildman–Crippen MR) is 111 cm³/mol. The maximum absolute atomic E-state index is 13.5. The zero-order valence-electron chi connectivity index (χ0n) is 16.9. The number of aromatic nitrogens is 3. The van der Waals surface area contributed by atoms with Crippen LogP contribution in [0.1, 0.15) is 42.7 Å². The first-order chi connectivity index (χ1) is 13.5. The second kappa shape index (κ2) is 7.36. The highest BCUT2D eigenvalue weighted by Crippen LogP contribution is 2.29. The van der Waals surface area contributed by atoms with Crippen molar-refractivity contribution in [1.82, 2.24) is 25.0 Å². The van der Waals surface area contributed by atoms with E-state index in [1.807, 2.05) is 27.8 Å². The molecule has 6 heteroatoms. The van der Waals surface area contributed by atoms with Gasteiger partial charge >= 0.3 is 0 Å². The SMILES string of the molecule is Cc1ccccc1-c1cc(C(=O)N2CCNC[C@@H]2C)c2cnn(C(C)C)c2n1. The minimum Gasteiger partial charge on any atom is -0.333 e. The first kappa shape index (κ1) is 18.6. The van der Waals surface area contributed by atoms with Crippen LogP contribution in [0, 0.1) is 6.92 Å². The van der Waals surface area contributed by atoms with Crippen LogP contribution in [0.25, 0.3) is 22.3 Å².